The Labute approximate surface area is 103 Å². The van der Waals surface area contributed by atoms with E-state index in [2.05, 4.69) is 0 Å². The summed E-state index contributed by atoms with van der Waals surface area (Å²) in [4.78, 5) is 22.5. The van der Waals surface area contributed by atoms with Crippen molar-refractivity contribution in [3.63, 3.8) is 0 Å². The average Bonchev–Trinajstić information content (AvgIpc) is 2.28. The minimum Gasteiger partial charge on any atom is -0.465 e. The molecule has 0 unspecified atom stereocenters. The summed E-state index contributed by atoms with van der Waals surface area (Å²) in [6.07, 6.45) is 0. The molecule has 0 radical (unpaired) electrons. The molecule has 0 N–H and O–H groups in total. The van der Waals surface area contributed by atoms with Crippen LogP contribution in [0.5, 0.6) is 0 Å². The first-order chi connectivity index (χ1) is 8.47. The van der Waals surface area contributed by atoms with Gasteiger partial charge in [0, 0.05) is 7.05 Å². The number of benzene rings is 1. The summed E-state index contributed by atoms with van der Waals surface area (Å²) in [7, 11) is 1.46. The van der Waals surface area contributed by atoms with E-state index in [-0.39, 0.29) is 18.8 Å². The molecule has 0 saturated carbocycles. The number of ether oxygens (including phenoxy) is 1. The van der Waals surface area contributed by atoms with Crippen LogP contribution >= 0.6 is 0 Å². The number of likely N-dealkylation sites (N-methyl/N-ethyl adjacent to an activating group) is 1. The van der Waals surface area contributed by atoms with Gasteiger partial charge in [-0.15, -0.1) is 0 Å². The molecule has 98 valence electrons. The third-order valence-corrected chi connectivity index (χ3v) is 2.23. The molecule has 0 amide bonds. The van der Waals surface area contributed by atoms with Crippen molar-refractivity contribution in [1.29, 1.82) is 0 Å². The average molecular weight is 256 g/mol. The van der Waals surface area contributed by atoms with Crippen molar-refractivity contribution in [3.05, 3.63) is 34.1 Å². The minimum atomic E-state index is -0.937. The molecule has 1 aromatic carbocycles. The van der Waals surface area contributed by atoms with Crippen LogP contribution < -0.4 is 4.90 Å². The highest BCUT2D eigenvalue weighted by molar-refractivity contribution is 5.77. The number of halogens is 1. The van der Waals surface area contributed by atoms with Crippen molar-refractivity contribution >= 4 is 17.3 Å². The van der Waals surface area contributed by atoms with Gasteiger partial charge in [-0.2, -0.15) is 4.39 Å². The van der Waals surface area contributed by atoms with Crippen LogP contribution in [0.1, 0.15) is 6.92 Å². The molecule has 0 spiro atoms. The Kier molecular flexibility index (Phi) is 4.59. The number of nitrogens with zero attached hydrogens (tertiary/aromatic N) is 2. The molecule has 6 nitrogen and oxygen atoms in total. The maximum absolute atomic E-state index is 13.4. The number of hydrogen-bond acceptors (Lipinski definition) is 5. The van der Waals surface area contributed by atoms with E-state index in [1.807, 2.05) is 0 Å². The SMILES string of the molecule is CCOC(=O)CN(C)c1cccc(F)c1[N+](=O)[O-]. The molecule has 0 heterocycles. The number of rotatable bonds is 5. The van der Waals surface area contributed by atoms with Crippen LogP contribution in [0.4, 0.5) is 15.8 Å². The van der Waals surface area contributed by atoms with Crippen LogP contribution in [0.15, 0.2) is 18.2 Å². The minimum absolute atomic E-state index is 0.0352. The van der Waals surface area contributed by atoms with E-state index >= 15 is 0 Å². The first kappa shape index (κ1) is 13.9. The molecule has 0 bridgehead atoms. The lowest BCUT2D eigenvalue weighted by atomic mass is 10.2. The summed E-state index contributed by atoms with van der Waals surface area (Å²) < 4.78 is 18.1. The van der Waals surface area contributed by atoms with Crippen LogP contribution in [0.25, 0.3) is 0 Å². The molecule has 1 rings (SSSR count). The molecular weight excluding hydrogens is 243 g/mol. The molecule has 0 atom stereocenters. The van der Waals surface area contributed by atoms with E-state index in [1.54, 1.807) is 6.92 Å². The molecule has 0 saturated heterocycles. The van der Waals surface area contributed by atoms with E-state index in [9.17, 15) is 19.3 Å². The molecule has 1 aromatic rings. The molecule has 18 heavy (non-hydrogen) atoms. The second-order valence-corrected chi connectivity index (χ2v) is 3.53. The topological polar surface area (TPSA) is 72.7 Å². The van der Waals surface area contributed by atoms with Crippen molar-refractivity contribution < 1.29 is 18.8 Å². The summed E-state index contributed by atoms with van der Waals surface area (Å²) in [5.41, 5.74) is -0.614. The highest BCUT2D eigenvalue weighted by atomic mass is 19.1. The van der Waals surface area contributed by atoms with E-state index in [4.69, 9.17) is 4.74 Å². The zero-order valence-corrected chi connectivity index (χ0v) is 10.1. The van der Waals surface area contributed by atoms with Crippen LogP contribution in [0.2, 0.25) is 0 Å². The summed E-state index contributed by atoms with van der Waals surface area (Å²) in [6.45, 7) is 1.69. The van der Waals surface area contributed by atoms with Gasteiger partial charge in [0.2, 0.25) is 5.82 Å². The first-order valence-electron chi connectivity index (χ1n) is 5.27. The van der Waals surface area contributed by atoms with Gasteiger partial charge in [0.1, 0.15) is 12.2 Å². The van der Waals surface area contributed by atoms with Gasteiger partial charge in [0.15, 0.2) is 0 Å². The Morgan fingerprint density at radius 2 is 2.22 bits per heavy atom. The summed E-state index contributed by atoms with van der Waals surface area (Å²) in [5.74, 6) is -1.47. The number of carbonyl (C=O) groups excluding carboxylic acids is 1. The Morgan fingerprint density at radius 3 is 2.78 bits per heavy atom. The van der Waals surface area contributed by atoms with E-state index in [0.717, 1.165) is 6.07 Å². The van der Waals surface area contributed by atoms with Crippen molar-refractivity contribution in [3.8, 4) is 0 Å². The van der Waals surface area contributed by atoms with E-state index in [1.165, 1.54) is 24.1 Å². The lowest BCUT2D eigenvalue weighted by molar-refractivity contribution is -0.386. The predicted molar refractivity (Wildman–Crippen MR) is 63.0 cm³/mol. The second-order valence-electron chi connectivity index (χ2n) is 3.53. The van der Waals surface area contributed by atoms with Gasteiger partial charge in [-0.25, -0.2) is 0 Å². The Hall–Kier alpha value is -2.18. The largest absolute Gasteiger partial charge is 0.465 e. The third kappa shape index (κ3) is 3.16. The monoisotopic (exact) mass is 256 g/mol. The fourth-order valence-corrected chi connectivity index (χ4v) is 1.48. The molecule has 0 aliphatic rings. The quantitative estimate of drug-likeness (QED) is 0.455. The number of nitro groups is 1. The van der Waals surface area contributed by atoms with Gasteiger partial charge < -0.3 is 9.64 Å². The van der Waals surface area contributed by atoms with Crippen molar-refractivity contribution in [2.45, 2.75) is 6.92 Å². The highest BCUT2D eigenvalue weighted by Gasteiger charge is 2.23. The van der Waals surface area contributed by atoms with Crippen LogP contribution in [-0.2, 0) is 9.53 Å². The molecule has 0 aliphatic heterocycles. The van der Waals surface area contributed by atoms with Gasteiger partial charge >= 0.3 is 11.7 Å². The van der Waals surface area contributed by atoms with Gasteiger partial charge in [-0.05, 0) is 19.1 Å². The number of esters is 1. The molecule has 0 aromatic heterocycles. The highest BCUT2D eigenvalue weighted by Crippen LogP contribution is 2.29. The zero-order valence-electron chi connectivity index (χ0n) is 10.1. The maximum atomic E-state index is 13.4. The summed E-state index contributed by atoms with van der Waals surface area (Å²) in [6, 6.07) is 3.72. The molecular formula is C11H13FN2O4. The smallest absolute Gasteiger partial charge is 0.327 e. The zero-order chi connectivity index (χ0) is 13.7. The van der Waals surface area contributed by atoms with Crippen LogP contribution in [0, 0.1) is 15.9 Å². The normalized spacial score (nSPS) is 9.94. The van der Waals surface area contributed by atoms with Gasteiger partial charge in [-0.1, -0.05) is 6.07 Å². The lowest BCUT2D eigenvalue weighted by Gasteiger charge is -2.17. The standard InChI is InChI=1S/C11H13FN2O4/c1-3-18-10(15)7-13(2)9-6-4-5-8(12)11(9)14(16)17/h4-6H,3,7H2,1-2H3. The molecule has 7 heteroatoms. The summed E-state index contributed by atoms with van der Waals surface area (Å²) in [5, 5.41) is 10.8. The van der Waals surface area contributed by atoms with Crippen molar-refractivity contribution in [1.82, 2.24) is 0 Å². The fourth-order valence-electron chi connectivity index (χ4n) is 1.48. The maximum Gasteiger partial charge on any atom is 0.327 e. The Bertz CT molecular complexity index is 464. The van der Waals surface area contributed by atoms with Gasteiger partial charge in [0.25, 0.3) is 0 Å². The van der Waals surface area contributed by atoms with Crippen molar-refractivity contribution in [2.75, 3.05) is 25.1 Å². The lowest BCUT2D eigenvalue weighted by Crippen LogP contribution is -2.27. The second kappa shape index (κ2) is 5.95. The van der Waals surface area contributed by atoms with Crippen LogP contribution in [0.3, 0.4) is 0 Å². The number of nitro benzene ring substituents is 1. The Balaban J connectivity index is 2.98. The van der Waals surface area contributed by atoms with E-state index in [0.29, 0.717) is 0 Å². The Morgan fingerprint density at radius 1 is 1.56 bits per heavy atom. The van der Waals surface area contributed by atoms with Gasteiger partial charge in [0.05, 0.1) is 11.5 Å². The fraction of sp³-hybridized carbons (Fsp3) is 0.364. The number of hydrogen-bond donors (Lipinski definition) is 0. The predicted octanol–water partition coefficient (Wildman–Crippen LogP) is 1.73. The number of para-hydroxylation sites is 1. The van der Waals surface area contributed by atoms with Crippen LogP contribution in [-0.4, -0.2) is 31.1 Å². The van der Waals surface area contributed by atoms with Crippen molar-refractivity contribution in [2.24, 2.45) is 0 Å². The first-order valence-corrected chi connectivity index (χ1v) is 5.27. The summed E-state index contributed by atoms with van der Waals surface area (Å²) >= 11 is 0. The molecule has 0 fully saturated rings. The number of anilines is 1. The number of carbonyl (C=O) groups is 1. The van der Waals surface area contributed by atoms with Gasteiger partial charge in [-0.3, -0.25) is 14.9 Å². The van der Waals surface area contributed by atoms with E-state index < -0.39 is 22.4 Å². The molecule has 0 aliphatic carbocycles. The third-order valence-electron chi connectivity index (χ3n) is 2.23.